The highest BCUT2D eigenvalue weighted by molar-refractivity contribution is 7.99. The third kappa shape index (κ3) is 4.23. The molecule has 0 aromatic carbocycles. The topological polar surface area (TPSA) is 69.6 Å². The van der Waals surface area contributed by atoms with Gasteiger partial charge in [0, 0.05) is 13.5 Å². The minimum atomic E-state index is -1.41. The first-order valence-electron chi connectivity index (χ1n) is 3.22. The highest BCUT2D eigenvalue weighted by Gasteiger charge is 2.18. The molecular formula is C6H13NO3S. The number of carbonyl (C=O) groups excluding carboxylic acids is 1. The molecule has 11 heavy (non-hydrogen) atoms. The van der Waals surface area contributed by atoms with Gasteiger partial charge in [0.1, 0.15) is 0 Å². The summed E-state index contributed by atoms with van der Waals surface area (Å²) < 4.78 is 0. The molecule has 0 spiro atoms. The van der Waals surface area contributed by atoms with Crippen LogP contribution in [0.2, 0.25) is 0 Å². The Morgan fingerprint density at radius 3 is 2.45 bits per heavy atom. The Kier molecular flexibility index (Phi) is 5.27. The Bertz CT molecular complexity index is 129. The normalized spacial score (nSPS) is 13.2. The molecule has 1 unspecified atom stereocenters. The van der Waals surface area contributed by atoms with Gasteiger partial charge in [0.25, 0.3) is 0 Å². The van der Waals surface area contributed by atoms with Crippen molar-refractivity contribution in [1.82, 2.24) is 5.32 Å². The monoisotopic (exact) mass is 179 g/mol. The van der Waals surface area contributed by atoms with Gasteiger partial charge in [0.05, 0.1) is 5.25 Å². The minimum Gasteiger partial charge on any atom is -0.368 e. The number of hydrogen-bond acceptors (Lipinski definition) is 4. The number of thioether (sulfide) groups is 1. The van der Waals surface area contributed by atoms with Crippen LogP contribution in [0.1, 0.15) is 6.42 Å². The van der Waals surface area contributed by atoms with Gasteiger partial charge in [-0.05, 0) is 6.26 Å². The van der Waals surface area contributed by atoms with E-state index in [1.54, 1.807) is 6.26 Å². The van der Waals surface area contributed by atoms with E-state index >= 15 is 0 Å². The molecular weight excluding hydrogens is 166 g/mol. The van der Waals surface area contributed by atoms with Crippen LogP contribution in [0.15, 0.2) is 0 Å². The number of aliphatic hydroxyl groups is 2. The highest BCUT2D eigenvalue weighted by atomic mass is 32.2. The van der Waals surface area contributed by atoms with Crippen molar-refractivity contribution in [2.45, 2.75) is 18.0 Å². The maximum absolute atomic E-state index is 10.9. The molecule has 0 aromatic rings. The van der Waals surface area contributed by atoms with E-state index in [0.29, 0.717) is 0 Å². The lowest BCUT2D eigenvalue weighted by atomic mass is 10.3. The van der Waals surface area contributed by atoms with Crippen molar-refractivity contribution >= 4 is 17.7 Å². The van der Waals surface area contributed by atoms with Crippen LogP contribution >= 0.6 is 11.8 Å². The van der Waals surface area contributed by atoms with Gasteiger partial charge in [-0.3, -0.25) is 4.79 Å². The SMILES string of the molecule is CNC(=O)C(CC(O)O)SC. The zero-order valence-electron chi connectivity index (χ0n) is 6.57. The van der Waals surface area contributed by atoms with Crippen LogP contribution in [-0.4, -0.2) is 41.0 Å². The summed E-state index contributed by atoms with van der Waals surface area (Å²) in [5, 5.41) is 19.2. The summed E-state index contributed by atoms with van der Waals surface area (Å²) >= 11 is 1.30. The second kappa shape index (κ2) is 5.40. The van der Waals surface area contributed by atoms with E-state index in [9.17, 15) is 4.79 Å². The molecule has 0 saturated carbocycles. The third-order valence-electron chi connectivity index (χ3n) is 1.25. The second-order valence-electron chi connectivity index (χ2n) is 2.05. The first-order valence-corrected chi connectivity index (χ1v) is 4.51. The second-order valence-corrected chi connectivity index (χ2v) is 3.10. The van der Waals surface area contributed by atoms with Gasteiger partial charge in [-0.25, -0.2) is 0 Å². The summed E-state index contributed by atoms with van der Waals surface area (Å²) in [5.41, 5.74) is 0. The highest BCUT2D eigenvalue weighted by Crippen LogP contribution is 2.12. The van der Waals surface area contributed by atoms with E-state index in [2.05, 4.69) is 5.32 Å². The molecule has 0 rings (SSSR count). The molecule has 1 amide bonds. The number of nitrogens with one attached hydrogen (secondary N) is 1. The molecule has 0 saturated heterocycles. The lowest BCUT2D eigenvalue weighted by Crippen LogP contribution is -2.32. The molecule has 0 aliphatic carbocycles. The standard InChI is InChI=1S/C6H13NO3S/c1-7-6(10)4(11-2)3-5(8)9/h4-5,8-9H,3H2,1-2H3,(H,7,10). The van der Waals surface area contributed by atoms with Crippen LogP contribution in [0.3, 0.4) is 0 Å². The number of carbonyl (C=O) groups is 1. The number of aliphatic hydroxyl groups excluding tert-OH is 1. The van der Waals surface area contributed by atoms with Crippen molar-refractivity contribution < 1.29 is 15.0 Å². The summed E-state index contributed by atoms with van der Waals surface area (Å²) in [7, 11) is 1.52. The van der Waals surface area contributed by atoms with Gasteiger partial charge in [-0.2, -0.15) is 11.8 Å². The van der Waals surface area contributed by atoms with Crippen LogP contribution in [0.5, 0.6) is 0 Å². The first kappa shape index (κ1) is 10.7. The molecule has 5 heteroatoms. The van der Waals surface area contributed by atoms with E-state index < -0.39 is 6.29 Å². The van der Waals surface area contributed by atoms with E-state index in [1.807, 2.05) is 0 Å². The fourth-order valence-electron chi connectivity index (χ4n) is 0.663. The van der Waals surface area contributed by atoms with Crippen molar-refractivity contribution in [3.63, 3.8) is 0 Å². The molecule has 0 fully saturated rings. The molecule has 0 aliphatic rings. The Morgan fingerprint density at radius 2 is 2.18 bits per heavy atom. The molecule has 0 aliphatic heterocycles. The number of amides is 1. The molecule has 0 bridgehead atoms. The smallest absolute Gasteiger partial charge is 0.233 e. The fourth-order valence-corrected chi connectivity index (χ4v) is 1.36. The average molecular weight is 179 g/mol. The zero-order chi connectivity index (χ0) is 8.85. The summed E-state index contributed by atoms with van der Waals surface area (Å²) in [6.07, 6.45) is 0.410. The Labute approximate surface area is 70.0 Å². The number of hydrogen-bond donors (Lipinski definition) is 3. The Morgan fingerprint density at radius 1 is 1.64 bits per heavy atom. The van der Waals surface area contributed by atoms with Gasteiger partial charge in [0.15, 0.2) is 6.29 Å². The molecule has 0 radical (unpaired) electrons. The maximum atomic E-state index is 10.9. The Hall–Kier alpha value is -0.260. The van der Waals surface area contributed by atoms with Gasteiger partial charge in [0.2, 0.25) is 5.91 Å². The summed E-state index contributed by atoms with van der Waals surface area (Å²) in [5.74, 6) is -0.175. The fraction of sp³-hybridized carbons (Fsp3) is 0.833. The molecule has 0 heterocycles. The summed E-state index contributed by atoms with van der Waals surface area (Å²) in [6, 6.07) is 0. The summed E-state index contributed by atoms with van der Waals surface area (Å²) in [4.78, 5) is 10.9. The molecule has 3 N–H and O–H groups in total. The average Bonchev–Trinajstić information content (AvgIpc) is 1.98. The lowest BCUT2D eigenvalue weighted by molar-refractivity contribution is -0.122. The van der Waals surface area contributed by atoms with Crippen molar-refractivity contribution in [3.8, 4) is 0 Å². The van der Waals surface area contributed by atoms with E-state index in [1.165, 1.54) is 18.8 Å². The van der Waals surface area contributed by atoms with Gasteiger partial charge >= 0.3 is 0 Å². The minimum absolute atomic E-state index is 0.0703. The molecule has 0 aromatic heterocycles. The predicted octanol–water partition coefficient (Wildman–Crippen LogP) is -0.835. The van der Waals surface area contributed by atoms with Crippen LogP contribution in [0.4, 0.5) is 0 Å². The predicted molar refractivity (Wildman–Crippen MR) is 44.2 cm³/mol. The largest absolute Gasteiger partial charge is 0.368 e. The van der Waals surface area contributed by atoms with Crippen LogP contribution < -0.4 is 5.32 Å². The van der Waals surface area contributed by atoms with Gasteiger partial charge in [-0.15, -0.1) is 0 Å². The van der Waals surface area contributed by atoms with E-state index in [-0.39, 0.29) is 17.6 Å². The van der Waals surface area contributed by atoms with Crippen molar-refractivity contribution in [2.75, 3.05) is 13.3 Å². The number of rotatable bonds is 4. The molecule has 1 atom stereocenters. The van der Waals surface area contributed by atoms with Gasteiger partial charge in [-0.1, -0.05) is 0 Å². The lowest BCUT2D eigenvalue weighted by Gasteiger charge is -2.12. The van der Waals surface area contributed by atoms with Gasteiger partial charge < -0.3 is 15.5 Å². The van der Waals surface area contributed by atoms with Crippen LogP contribution in [0, 0.1) is 0 Å². The van der Waals surface area contributed by atoms with Crippen LogP contribution in [0.25, 0.3) is 0 Å². The van der Waals surface area contributed by atoms with Crippen molar-refractivity contribution in [2.24, 2.45) is 0 Å². The third-order valence-corrected chi connectivity index (χ3v) is 2.22. The maximum Gasteiger partial charge on any atom is 0.233 e. The van der Waals surface area contributed by atoms with E-state index in [4.69, 9.17) is 10.2 Å². The Balaban J connectivity index is 3.84. The first-order chi connectivity index (χ1) is 5.11. The van der Waals surface area contributed by atoms with Crippen molar-refractivity contribution in [1.29, 1.82) is 0 Å². The quantitative estimate of drug-likeness (QED) is 0.492. The zero-order valence-corrected chi connectivity index (χ0v) is 7.39. The van der Waals surface area contributed by atoms with E-state index in [0.717, 1.165) is 0 Å². The molecule has 66 valence electrons. The van der Waals surface area contributed by atoms with Crippen molar-refractivity contribution in [3.05, 3.63) is 0 Å². The summed E-state index contributed by atoms with van der Waals surface area (Å²) in [6.45, 7) is 0. The molecule has 4 nitrogen and oxygen atoms in total. The van der Waals surface area contributed by atoms with Crippen LogP contribution in [-0.2, 0) is 4.79 Å².